The van der Waals surface area contributed by atoms with E-state index in [4.69, 9.17) is 0 Å². The third-order valence-corrected chi connectivity index (χ3v) is 5.89. The number of likely N-dealkylation sites (tertiary alicyclic amines) is 1. The first-order chi connectivity index (χ1) is 13.7. The second-order valence-corrected chi connectivity index (χ2v) is 8.15. The smallest absolute Gasteiger partial charge is 0.191 e. The van der Waals surface area contributed by atoms with Gasteiger partial charge in [0.15, 0.2) is 5.96 Å². The maximum atomic E-state index is 12.9. The van der Waals surface area contributed by atoms with Gasteiger partial charge in [-0.15, -0.1) is 11.8 Å². The van der Waals surface area contributed by atoms with Crippen LogP contribution in [0.4, 0.5) is 4.39 Å². The molecule has 0 amide bonds. The fourth-order valence-electron chi connectivity index (χ4n) is 3.33. The number of hydrogen-bond acceptors (Lipinski definition) is 3. The predicted octanol–water partition coefficient (Wildman–Crippen LogP) is 3.75. The molecule has 1 aliphatic heterocycles. The van der Waals surface area contributed by atoms with Crippen molar-refractivity contribution < 1.29 is 4.39 Å². The Morgan fingerprint density at radius 2 is 1.82 bits per heavy atom. The molecule has 0 unspecified atom stereocenters. The highest BCUT2D eigenvalue weighted by Gasteiger charge is 2.19. The second kappa shape index (κ2) is 11.1. The zero-order valence-corrected chi connectivity index (χ0v) is 17.2. The lowest BCUT2D eigenvalue weighted by molar-refractivity contribution is 0.198. The van der Waals surface area contributed by atoms with E-state index in [9.17, 15) is 4.39 Å². The van der Waals surface area contributed by atoms with Crippen LogP contribution in [0, 0.1) is 5.82 Å². The first-order valence-corrected chi connectivity index (χ1v) is 10.8. The Labute approximate surface area is 171 Å². The van der Waals surface area contributed by atoms with Gasteiger partial charge in [0.05, 0.1) is 0 Å². The van der Waals surface area contributed by atoms with Crippen LogP contribution in [0.3, 0.4) is 0 Å². The van der Waals surface area contributed by atoms with E-state index in [2.05, 4.69) is 50.9 Å². The Morgan fingerprint density at radius 1 is 1.11 bits per heavy atom. The van der Waals surface area contributed by atoms with Crippen LogP contribution in [-0.4, -0.2) is 49.3 Å². The largest absolute Gasteiger partial charge is 0.356 e. The van der Waals surface area contributed by atoms with Crippen molar-refractivity contribution in [2.45, 2.75) is 30.3 Å². The number of benzene rings is 2. The van der Waals surface area contributed by atoms with Gasteiger partial charge in [0.2, 0.25) is 0 Å². The summed E-state index contributed by atoms with van der Waals surface area (Å²) in [6, 6.07) is 17.8. The normalized spacial score (nSPS) is 16.1. The molecule has 150 valence electrons. The number of hydrogen-bond donors (Lipinski definition) is 2. The highest BCUT2D eigenvalue weighted by Crippen LogP contribution is 2.17. The van der Waals surface area contributed by atoms with E-state index in [0.29, 0.717) is 6.04 Å². The molecule has 0 bridgehead atoms. The molecule has 0 radical (unpaired) electrons. The lowest BCUT2D eigenvalue weighted by Gasteiger charge is -2.33. The zero-order valence-electron chi connectivity index (χ0n) is 16.4. The summed E-state index contributed by atoms with van der Waals surface area (Å²) in [5.41, 5.74) is 1.38. The van der Waals surface area contributed by atoms with Crippen molar-refractivity contribution in [1.82, 2.24) is 15.5 Å². The molecule has 0 saturated carbocycles. The number of nitrogens with one attached hydrogen (secondary N) is 2. The van der Waals surface area contributed by atoms with Gasteiger partial charge < -0.3 is 10.6 Å². The highest BCUT2D eigenvalue weighted by molar-refractivity contribution is 7.99. The van der Waals surface area contributed by atoms with Gasteiger partial charge in [0.25, 0.3) is 0 Å². The van der Waals surface area contributed by atoms with Crippen molar-refractivity contribution in [2.24, 2.45) is 4.99 Å². The molecule has 0 aliphatic carbocycles. The first kappa shape index (κ1) is 20.7. The number of guanidine groups is 1. The molecule has 3 rings (SSSR count). The van der Waals surface area contributed by atoms with Gasteiger partial charge in [-0.2, -0.15) is 0 Å². The molecule has 6 heteroatoms. The van der Waals surface area contributed by atoms with Gasteiger partial charge in [0, 0.05) is 49.9 Å². The van der Waals surface area contributed by atoms with Gasteiger partial charge in [0.1, 0.15) is 5.82 Å². The van der Waals surface area contributed by atoms with Crippen LogP contribution >= 0.6 is 11.8 Å². The van der Waals surface area contributed by atoms with Crippen LogP contribution in [0.2, 0.25) is 0 Å². The third-order valence-electron chi connectivity index (χ3n) is 4.88. The van der Waals surface area contributed by atoms with Crippen molar-refractivity contribution in [1.29, 1.82) is 0 Å². The van der Waals surface area contributed by atoms with E-state index in [-0.39, 0.29) is 5.82 Å². The minimum Gasteiger partial charge on any atom is -0.356 e. The summed E-state index contributed by atoms with van der Waals surface area (Å²) in [6.45, 7) is 4.05. The first-order valence-electron chi connectivity index (χ1n) is 9.85. The van der Waals surface area contributed by atoms with E-state index in [1.54, 1.807) is 11.8 Å². The minimum atomic E-state index is -0.193. The van der Waals surface area contributed by atoms with Crippen LogP contribution in [0.25, 0.3) is 0 Å². The van der Waals surface area contributed by atoms with E-state index < -0.39 is 0 Å². The van der Waals surface area contributed by atoms with E-state index in [1.807, 2.05) is 19.2 Å². The van der Waals surface area contributed by atoms with Crippen LogP contribution in [0.15, 0.2) is 64.5 Å². The fourth-order valence-corrected chi connectivity index (χ4v) is 4.10. The van der Waals surface area contributed by atoms with Crippen LogP contribution in [-0.2, 0) is 6.54 Å². The van der Waals surface area contributed by atoms with Crippen molar-refractivity contribution in [3.8, 4) is 0 Å². The average Bonchev–Trinajstić information content (AvgIpc) is 2.73. The predicted molar refractivity (Wildman–Crippen MR) is 116 cm³/mol. The number of aliphatic imine (C=N–C) groups is 1. The summed E-state index contributed by atoms with van der Waals surface area (Å²) >= 11 is 1.71. The molecular formula is C22H29FN4S. The monoisotopic (exact) mass is 400 g/mol. The molecule has 1 heterocycles. The molecule has 2 N–H and O–H groups in total. The van der Waals surface area contributed by atoms with Gasteiger partial charge in [-0.05, 0) is 42.7 Å². The molecule has 2 aromatic rings. The summed E-state index contributed by atoms with van der Waals surface area (Å²) in [6.07, 6.45) is 2.25. The molecule has 1 saturated heterocycles. The lowest BCUT2D eigenvalue weighted by atomic mass is 10.0. The Bertz CT molecular complexity index is 728. The van der Waals surface area contributed by atoms with E-state index in [1.165, 1.54) is 17.7 Å². The number of rotatable bonds is 7. The second-order valence-electron chi connectivity index (χ2n) is 6.98. The molecule has 0 spiro atoms. The summed E-state index contributed by atoms with van der Waals surface area (Å²) in [5, 5.41) is 6.93. The van der Waals surface area contributed by atoms with E-state index >= 15 is 0 Å². The van der Waals surface area contributed by atoms with Crippen molar-refractivity contribution in [2.75, 3.05) is 32.4 Å². The van der Waals surface area contributed by atoms with Crippen molar-refractivity contribution in [3.63, 3.8) is 0 Å². The lowest BCUT2D eigenvalue weighted by Crippen LogP contribution is -2.48. The minimum absolute atomic E-state index is 0.193. The quantitative estimate of drug-likeness (QED) is 0.321. The molecular weight excluding hydrogens is 371 g/mol. The maximum Gasteiger partial charge on any atom is 0.191 e. The van der Waals surface area contributed by atoms with Gasteiger partial charge >= 0.3 is 0 Å². The summed E-state index contributed by atoms with van der Waals surface area (Å²) in [4.78, 5) is 7.94. The standard InChI is InChI=1S/C22H29FN4S/c1-24-22(25-13-16-28-21-9-7-19(23)8-10-21)26-20-11-14-27(15-12-20)17-18-5-3-2-4-6-18/h2-10,20H,11-17H2,1H3,(H2,24,25,26). The summed E-state index contributed by atoms with van der Waals surface area (Å²) < 4.78 is 12.9. The van der Waals surface area contributed by atoms with Gasteiger partial charge in [-0.3, -0.25) is 9.89 Å². The molecule has 4 nitrogen and oxygen atoms in total. The molecule has 0 atom stereocenters. The maximum absolute atomic E-state index is 12.9. The number of nitrogens with zero attached hydrogens (tertiary/aromatic N) is 2. The summed E-state index contributed by atoms with van der Waals surface area (Å²) in [7, 11) is 1.81. The van der Waals surface area contributed by atoms with Crippen LogP contribution < -0.4 is 10.6 Å². The Kier molecular flexibility index (Phi) is 8.18. The molecule has 1 aliphatic rings. The van der Waals surface area contributed by atoms with Crippen molar-refractivity contribution >= 4 is 17.7 Å². The average molecular weight is 401 g/mol. The zero-order chi connectivity index (χ0) is 19.6. The van der Waals surface area contributed by atoms with E-state index in [0.717, 1.165) is 55.6 Å². The Hall–Kier alpha value is -2.05. The van der Waals surface area contributed by atoms with Crippen LogP contribution in [0.1, 0.15) is 18.4 Å². The number of halogens is 1. The molecule has 2 aromatic carbocycles. The SMILES string of the molecule is CN=C(NCCSc1ccc(F)cc1)NC1CCN(Cc2ccccc2)CC1. The molecule has 0 aromatic heterocycles. The molecule has 28 heavy (non-hydrogen) atoms. The number of thioether (sulfide) groups is 1. The van der Waals surface area contributed by atoms with Crippen molar-refractivity contribution in [3.05, 3.63) is 66.0 Å². The molecule has 1 fully saturated rings. The Balaban J connectivity index is 1.33. The van der Waals surface area contributed by atoms with Gasteiger partial charge in [-0.25, -0.2) is 4.39 Å². The topological polar surface area (TPSA) is 39.7 Å². The Morgan fingerprint density at radius 3 is 2.50 bits per heavy atom. The van der Waals surface area contributed by atoms with Crippen LogP contribution in [0.5, 0.6) is 0 Å². The fraction of sp³-hybridized carbons (Fsp3) is 0.409. The summed E-state index contributed by atoms with van der Waals surface area (Å²) in [5.74, 6) is 1.57. The third kappa shape index (κ3) is 6.84. The number of piperidine rings is 1. The highest BCUT2D eigenvalue weighted by atomic mass is 32.2. The van der Waals surface area contributed by atoms with Gasteiger partial charge in [-0.1, -0.05) is 30.3 Å².